The van der Waals surface area contributed by atoms with Gasteiger partial charge in [-0.3, -0.25) is 9.80 Å². The van der Waals surface area contributed by atoms with E-state index in [0.717, 1.165) is 94.3 Å². The fourth-order valence-electron chi connectivity index (χ4n) is 7.84. The van der Waals surface area contributed by atoms with Crippen molar-refractivity contribution in [3.8, 4) is 0 Å². The first kappa shape index (κ1) is 29.1. The number of fused-ring (bicyclic) bond motifs is 4. The van der Waals surface area contributed by atoms with Crippen LogP contribution in [0.15, 0.2) is 78.9 Å². The lowest BCUT2D eigenvalue weighted by Gasteiger charge is -2.44. The number of para-hydroxylation sites is 6. The molecule has 48 heavy (non-hydrogen) atoms. The predicted molar refractivity (Wildman–Crippen MR) is 189 cm³/mol. The molecule has 10 nitrogen and oxygen atoms in total. The van der Waals surface area contributed by atoms with Gasteiger partial charge in [-0.1, -0.05) is 55.3 Å². The SMILES string of the molecule is C1=Cc2nc(CN(Cc3nc4ccccc4[nH]3)[C@H]3CCCC[C@@H]3N(Cc3nc4ccccc4[nH]3)Cc3nc4ccccc4[nH]3)[nH]c2CC1. The highest BCUT2D eigenvalue weighted by atomic mass is 15.3. The predicted octanol–water partition coefficient (Wildman–Crippen LogP) is 7.01. The molecule has 0 unspecified atom stereocenters. The molecule has 2 atom stereocenters. The second kappa shape index (κ2) is 12.5. The van der Waals surface area contributed by atoms with Crippen LogP contribution >= 0.6 is 0 Å². The van der Waals surface area contributed by atoms with Gasteiger partial charge in [0.1, 0.15) is 23.3 Å². The summed E-state index contributed by atoms with van der Waals surface area (Å²) in [6, 6.07) is 25.4. The zero-order chi connectivity index (χ0) is 31.9. The first-order valence-electron chi connectivity index (χ1n) is 17.3. The fraction of sp³-hybridized carbons (Fsp3) is 0.316. The molecule has 0 aliphatic heterocycles. The zero-order valence-corrected chi connectivity index (χ0v) is 27.0. The number of nitrogens with one attached hydrogen (secondary N) is 4. The van der Waals surface area contributed by atoms with E-state index in [1.165, 1.54) is 18.5 Å². The van der Waals surface area contributed by atoms with Crippen molar-refractivity contribution >= 4 is 39.2 Å². The van der Waals surface area contributed by atoms with Crippen molar-refractivity contribution in [1.29, 1.82) is 0 Å². The van der Waals surface area contributed by atoms with Crippen molar-refractivity contribution in [2.75, 3.05) is 0 Å². The second-order valence-electron chi connectivity index (χ2n) is 13.3. The number of aryl methyl sites for hydroxylation is 1. The quantitative estimate of drug-likeness (QED) is 0.128. The Morgan fingerprint density at radius 2 is 0.979 bits per heavy atom. The molecule has 4 N–H and O–H groups in total. The normalized spacial score (nSPS) is 18.1. The van der Waals surface area contributed by atoms with Crippen molar-refractivity contribution in [3.63, 3.8) is 0 Å². The second-order valence-corrected chi connectivity index (χ2v) is 13.3. The minimum Gasteiger partial charge on any atom is -0.344 e. The van der Waals surface area contributed by atoms with E-state index >= 15 is 0 Å². The Morgan fingerprint density at radius 3 is 1.42 bits per heavy atom. The number of rotatable bonds is 10. The van der Waals surface area contributed by atoms with E-state index in [-0.39, 0.29) is 12.1 Å². The van der Waals surface area contributed by atoms with Crippen LogP contribution in [0.3, 0.4) is 0 Å². The summed E-state index contributed by atoms with van der Waals surface area (Å²) in [5.41, 5.74) is 8.53. The third kappa shape index (κ3) is 5.82. The Labute approximate surface area is 278 Å². The van der Waals surface area contributed by atoms with Crippen LogP contribution in [0.4, 0.5) is 0 Å². The van der Waals surface area contributed by atoms with Crippen LogP contribution in [0.25, 0.3) is 39.2 Å². The molecule has 0 amide bonds. The van der Waals surface area contributed by atoms with E-state index in [4.69, 9.17) is 19.9 Å². The summed E-state index contributed by atoms with van der Waals surface area (Å²) in [4.78, 5) is 39.9. The van der Waals surface area contributed by atoms with Crippen LogP contribution < -0.4 is 0 Å². The van der Waals surface area contributed by atoms with Crippen LogP contribution in [0.1, 0.15) is 66.8 Å². The van der Waals surface area contributed by atoms with Gasteiger partial charge in [-0.25, -0.2) is 19.9 Å². The summed E-state index contributed by atoms with van der Waals surface area (Å²) in [6.07, 6.45) is 11.0. The number of nitrogens with zero attached hydrogens (tertiary/aromatic N) is 6. The molecule has 7 aromatic rings. The lowest BCUT2D eigenvalue weighted by Crippen LogP contribution is -2.52. The summed E-state index contributed by atoms with van der Waals surface area (Å²) < 4.78 is 0. The molecule has 1 fully saturated rings. The molecular weight excluding hydrogens is 596 g/mol. The summed E-state index contributed by atoms with van der Waals surface area (Å²) in [5, 5.41) is 0. The fourth-order valence-corrected chi connectivity index (χ4v) is 7.84. The Hall–Kier alpha value is -5.06. The highest BCUT2D eigenvalue weighted by Crippen LogP contribution is 2.32. The number of aromatic nitrogens is 8. The van der Waals surface area contributed by atoms with Crippen molar-refractivity contribution in [1.82, 2.24) is 49.7 Å². The third-order valence-corrected chi connectivity index (χ3v) is 10.1. The number of hydrogen-bond acceptors (Lipinski definition) is 6. The average Bonchev–Trinajstić information content (AvgIpc) is 3.91. The molecule has 1 saturated carbocycles. The number of hydrogen-bond donors (Lipinski definition) is 4. The maximum absolute atomic E-state index is 5.07. The Bertz CT molecular complexity index is 2040. The number of imidazole rings is 4. The van der Waals surface area contributed by atoms with Crippen LogP contribution in [0.5, 0.6) is 0 Å². The standard InChI is InChI=1S/C38H40N10/c1-2-12-26-25(11-1)39-35(40-26)21-47(22-36-41-27-13-3-4-14-28(27)42-36)33-19-9-10-20-34(33)48(23-37-43-29-15-5-6-16-30(29)44-37)24-38-45-31-17-7-8-18-32(31)46-38/h1-7,11-17,33-34H,8-10,18-24H2,(H,39,40)(H,41,42)(H,43,44)(H,45,46)/t33-,34-/m0/s1. The van der Waals surface area contributed by atoms with Gasteiger partial charge in [-0.15, -0.1) is 0 Å². The van der Waals surface area contributed by atoms with Gasteiger partial charge >= 0.3 is 0 Å². The number of H-pyrrole nitrogens is 4. The molecule has 0 spiro atoms. The molecule has 0 bridgehead atoms. The number of aromatic amines is 4. The summed E-state index contributed by atoms with van der Waals surface area (Å²) in [6.45, 7) is 2.83. The van der Waals surface area contributed by atoms with Crippen LogP contribution in [0, 0.1) is 0 Å². The van der Waals surface area contributed by atoms with Gasteiger partial charge in [0, 0.05) is 17.8 Å². The molecular formula is C38H40N10. The van der Waals surface area contributed by atoms with Gasteiger partial charge in [0.2, 0.25) is 0 Å². The molecule has 9 rings (SSSR count). The molecule has 0 saturated heterocycles. The minimum atomic E-state index is 0.272. The van der Waals surface area contributed by atoms with Gasteiger partial charge in [0.15, 0.2) is 0 Å². The summed E-state index contributed by atoms with van der Waals surface area (Å²) in [5.74, 6) is 3.96. The molecule has 2 aliphatic carbocycles. The van der Waals surface area contributed by atoms with Crippen molar-refractivity contribution in [2.45, 2.75) is 76.8 Å². The van der Waals surface area contributed by atoms with Gasteiger partial charge in [0.25, 0.3) is 0 Å². The van der Waals surface area contributed by atoms with Crippen LogP contribution in [-0.4, -0.2) is 61.8 Å². The Morgan fingerprint density at radius 1 is 0.542 bits per heavy atom. The Balaban J connectivity index is 1.08. The smallest absolute Gasteiger partial charge is 0.121 e. The molecule has 0 radical (unpaired) electrons. The largest absolute Gasteiger partial charge is 0.344 e. The highest BCUT2D eigenvalue weighted by molar-refractivity contribution is 5.76. The summed E-state index contributed by atoms with van der Waals surface area (Å²) in [7, 11) is 0. The van der Waals surface area contributed by atoms with Crippen LogP contribution in [-0.2, 0) is 32.6 Å². The third-order valence-electron chi connectivity index (χ3n) is 10.1. The lowest BCUT2D eigenvalue weighted by atomic mass is 9.87. The first-order chi connectivity index (χ1) is 23.7. The molecule has 2 aliphatic rings. The monoisotopic (exact) mass is 636 g/mol. The number of benzene rings is 3. The summed E-state index contributed by atoms with van der Waals surface area (Å²) >= 11 is 0. The molecule has 4 heterocycles. The van der Waals surface area contributed by atoms with Crippen molar-refractivity contribution in [3.05, 3.63) is 114 Å². The lowest BCUT2D eigenvalue weighted by molar-refractivity contribution is 0.0252. The minimum absolute atomic E-state index is 0.272. The van der Waals surface area contributed by atoms with Gasteiger partial charge in [0.05, 0.1) is 65.0 Å². The Kier molecular flexibility index (Phi) is 7.59. The highest BCUT2D eigenvalue weighted by Gasteiger charge is 2.36. The van der Waals surface area contributed by atoms with Gasteiger partial charge in [-0.2, -0.15) is 0 Å². The zero-order valence-electron chi connectivity index (χ0n) is 27.0. The van der Waals surface area contributed by atoms with E-state index in [1.54, 1.807) is 0 Å². The van der Waals surface area contributed by atoms with Crippen molar-refractivity contribution < 1.29 is 0 Å². The van der Waals surface area contributed by atoms with Gasteiger partial charge in [-0.05, 0) is 68.2 Å². The molecule has 4 aromatic heterocycles. The molecule has 10 heteroatoms. The van der Waals surface area contributed by atoms with E-state index in [2.05, 4.69) is 115 Å². The topological polar surface area (TPSA) is 121 Å². The van der Waals surface area contributed by atoms with E-state index in [9.17, 15) is 0 Å². The van der Waals surface area contributed by atoms with Gasteiger partial charge < -0.3 is 19.9 Å². The maximum atomic E-state index is 5.07. The number of allylic oxidation sites excluding steroid dienone is 1. The average molecular weight is 637 g/mol. The molecule has 3 aromatic carbocycles. The molecule has 242 valence electrons. The van der Waals surface area contributed by atoms with Crippen molar-refractivity contribution in [2.24, 2.45) is 0 Å². The maximum Gasteiger partial charge on any atom is 0.121 e. The van der Waals surface area contributed by atoms with E-state index in [1.807, 2.05) is 0 Å². The van der Waals surface area contributed by atoms with E-state index < -0.39 is 0 Å². The first-order valence-corrected chi connectivity index (χ1v) is 17.3. The van der Waals surface area contributed by atoms with Crippen LogP contribution in [0.2, 0.25) is 0 Å². The van der Waals surface area contributed by atoms with E-state index in [0.29, 0.717) is 19.6 Å².